The first-order valence-electron chi connectivity index (χ1n) is 18.1. The minimum absolute atomic E-state index is 0.0465. The first-order chi connectivity index (χ1) is 26.3. The van der Waals surface area contributed by atoms with E-state index in [4.69, 9.17) is 17.2 Å². The number of benzene rings is 1. The molecule has 2 heterocycles. The largest absolute Gasteiger partial charge is 0.508 e. The number of carbonyl (C=O) groups excluding carboxylic acids is 8. The number of likely N-dealkylation sites (tertiary alicyclic amines) is 2. The van der Waals surface area contributed by atoms with E-state index in [-0.39, 0.29) is 50.9 Å². The van der Waals surface area contributed by atoms with Gasteiger partial charge in [-0.1, -0.05) is 12.1 Å². The first-order valence-corrected chi connectivity index (χ1v) is 18.1. The Balaban J connectivity index is 1.76. The van der Waals surface area contributed by atoms with E-state index in [0.29, 0.717) is 18.4 Å². The zero-order chi connectivity index (χ0) is 41.9. The normalized spacial score (nSPS) is 19.7. The Morgan fingerprint density at radius 3 is 1.89 bits per heavy atom. The third-order valence-electron chi connectivity index (χ3n) is 9.51. The van der Waals surface area contributed by atoms with Gasteiger partial charge in [-0.25, -0.2) is 4.79 Å². The summed E-state index contributed by atoms with van der Waals surface area (Å²) in [5.41, 5.74) is 16.8. The van der Waals surface area contributed by atoms with Crippen LogP contribution in [0.5, 0.6) is 5.75 Å². The monoisotopic (exact) mass is 789 g/mol. The van der Waals surface area contributed by atoms with Crippen LogP contribution < -0.4 is 38.5 Å². The highest BCUT2D eigenvalue weighted by molar-refractivity contribution is 5.98. The van der Waals surface area contributed by atoms with Gasteiger partial charge >= 0.3 is 5.97 Å². The molecule has 1 aromatic rings. The van der Waals surface area contributed by atoms with Gasteiger partial charge in [-0.05, 0) is 63.6 Å². The highest BCUT2D eigenvalue weighted by Gasteiger charge is 2.41. The van der Waals surface area contributed by atoms with Crippen LogP contribution in [-0.4, -0.2) is 140 Å². The summed E-state index contributed by atoms with van der Waals surface area (Å²) in [5.74, 6) is -7.98. The van der Waals surface area contributed by atoms with Crippen molar-refractivity contribution in [3.63, 3.8) is 0 Å². The van der Waals surface area contributed by atoms with Gasteiger partial charge < -0.3 is 63.6 Å². The van der Waals surface area contributed by atoms with Crippen molar-refractivity contribution < 1.29 is 58.5 Å². The highest BCUT2D eigenvalue weighted by atomic mass is 16.4. The molecule has 21 heteroatoms. The molecule has 8 atom stereocenters. The maximum atomic E-state index is 14.0. The fourth-order valence-corrected chi connectivity index (χ4v) is 6.54. The first kappa shape index (κ1) is 44.6. The molecule has 2 fully saturated rings. The number of aromatic hydroxyl groups is 1. The van der Waals surface area contributed by atoms with E-state index in [2.05, 4.69) is 21.3 Å². The average molecular weight is 790 g/mol. The van der Waals surface area contributed by atoms with Crippen LogP contribution in [0.3, 0.4) is 0 Å². The molecule has 13 N–H and O–H groups in total. The Morgan fingerprint density at radius 2 is 1.34 bits per heavy atom. The number of amides is 8. The van der Waals surface area contributed by atoms with E-state index in [1.807, 2.05) is 0 Å². The molecule has 0 radical (unpaired) electrons. The van der Waals surface area contributed by atoms with Gasteiger partial charge in [0.15, 0.2) is 0 Å². The van der Waals surface area contributed by atoms with Crippen LogP contribution in [0.25, 0.3) is 0 Å². The lowest BCUT2D eigenvalue weighted by Crippen LogP contribution is -2.61. The summed E-state index contributed by atoms with van der Waals surface area (Å²) in [6.07, 6.45) is -1.72. The third kappa shape index (κ3) is 12.3. The van der Waals surface area contributed by atoms with Gasteiger partial charge in [-0.15, -0.1) is 0 Å². The van der Waals surface area contributed by atoms with Gasteiger partial charge in [0.1, 0.15) is 42.0 Å². The fraction of sp³-hybridized carbons (Fsp3) is 0.571. The van der Waals surface area contributed by atoms with Crippen molar-refractivity contribution in [2.75, 3.05) is 13.1 Å². The summed E-state index contributed by atoms with van der Waals surface area (Å²) in [6.45, 7) is 2.74. The van der Waals surface area contributed by atoms with Gasteiger partial charge in [-0.3, -0.25) is 38.4 Å². The van der Waals surface area contributed by atoms with E-state index >= 15 is 0 Å². The van der Waals surface area contributed by atoms with Crippen LogP contribution in [0.2, 0.25) is 0 Å². The smallest absolute Gasteiger partial charge is 0.326 e. The van der Waals surface area contributed by atoms with Crippen molar-refractivity contribution in [2.24, 2.45) is 17.2 Å². The molecular weight excluding hydrogens is 738 g/mol. The molecule has 8 amide bonds. The number of aliphatic hydroxyl groups excluding tert-OH is 1. The van der Waals surface area contributed by atoms with Crippen molar-refractivity contribution >= 4 is 53.2 Å². The number of hydrogen-bond acceptors (Lipinski definition) is 12. The molecule has 308 valence electrons. The summed E-state index contributed by atoms with van der Waals surface area (Å²) in [5, 5.41) is 39.4. The van der Waals surface area contributed by atoms with Crippen molar-refractivity contribution in [1.29, 1.82) is 0 Å². The number of rotatable bonds is 19. The minimum atomic E-state index is -1.69. The van der Waals surface area contributed by atoms with Crippen LogP contribution in [-0.2, 0) is 49.6 Å². The second-order valence-electron chi connectivity index (χ2n) is 13.9. The Kier molecular flexibility index (Phi) is 16.1. The average Bonchev–Trinajstić information content (AvgIpc) is 3.82. The number of nitrogens with zero attached hydrogens (tertiary/aromatic N) is 2. The summed E-state index contributed by atoms with van der Waals surface area (Å²) >= 11 is 0. The number of hydrogen-bond donors (Lipinski definition) is 10. The van der Waals surface area contributed by atoms with Crippen molar-refractivity contribution in [3.8, 4) is 5.75 Å². The van der Waals surface area contributed by atoms with E-state index in [9.17, 15) is 58.5 Å². The molecule has 0 aliphatic carbocycles. The molecule has 2 aliphatic rings. The third-order valence-corrected chi connectivity index (χ3v) is 9.51. The summed E-state index contributed by atoms with van der Waals surface area (Å²) in [7, 11) is 0. The van der Waals surface area contributed by atoms with E-state index in [0.717, 1.165) is 4.90 Å². The number of carboxylic acids is 1. The second kappa shape index (κ2) is 20.2. The van der Waals surface area contributed by atoms with Crippen LogP contribution in [0.1, 0.15) is 64.4 Å². The standard InChI is InChI=1S/C35H51N9O12/c1-17(33(53)44-14-4-6-25(44)35(55)56)39-30(50)22(11-12-26(37)47)40-32(52)28(18(2)45)42-31(51)24-5-3-13-43(24)34(54)23(15-19-7-9-20(46)10-8-19)41-29(49)21(36)16-27(38)48/h7-10,17-18,21-25,28,45-46H,3-6,11-16,36H2,1-2H3,(H2,37,47)(H2,38,48)(H,39,50)(H,40,52)(H,41,49)(H,42,51)(H,55,56)/t17-,18+,21-,22-,23-,24-,25-,28-/m0/s1. The molecule has 1 aromatic carbocycles. The van der Waals surface area contributed by atoms with Crippen molar-refractivity contribution in [1.82, 2.24) is 31.1 Å². The number of phenolic OH excluding ortho intramolecular Hbond substituents is 1. The zero-order valence-electron chi connectivity index (χ0n) is 31.1. The Morgan fingerprint density at radius 1 is 0.768 bits per heavy atom. The quantitative estimate of drug-likeness (QED) is 0.0637. The SMILES string of the molecule is C[C@H](NC(=O)[C@H](CCC(N)=O)NC(=O)[C@@H](NC(=O)[C@@H]1CCCN1C(=O)[C@H](Cc1ccc(O)cc1)NC(=O)[C@@H](N)CC(N)=O)[C@@H](C)O)C(=O)N1CCC[C@H]1C(=O)O. The van der Waals surface area contributed by atoms with Gasteiger partial charge in [0.05, 0.1) is 18.6 Å². The van der Waals surface area contributed by atoms with Gasteiger partial charge in [0.25, 0.3) is 0 Å². The molecular formula is C35H51N9O12. The number of aliphatic carboxylic acids is 1. The lowest BCUT2D eigenvalue weighted by molar-refractivity contribution is -0.149. The van der Waals surface area contributed by atoms with Crippen LogP contribution >= 0.6 is 0 Å². The second-order valence-corrected chi connectivity index (χ2v) is 13.9. The summed E-state index contributed by atoms with van der Waals surface area (Å²) in [4.78, 5) is 117. The molecule has 0 unspecified atom stereocenters. The molecule has 56 heavy (non-hydrogen) atoms. The topological polar surface area (TPSA) is 347 Å². The molecule has 0 bridgehead atoms. The van der Waals surface area contributed by atoms with Crippen LogP contribution in [0.4, 0.5) is 0 Å². The summed E-state index contributed by atoms with van der Waals surface area (Å²) < 4.78 is 0. The number of aliphatic hydroxyl groups is 1. The van der Waals surface area contributed by atoms with E-state index in [1.165, 1.54) is 43.0 Å². The number of nitrogens with two attached hydrogens (primary N) is 3. The Bertz CT molecular complexity index is 1660. The number of phenols is 1. The number of nitrogens with one attached hydrogen (secondary N) is 4. The lowest BCUT2D eigenvalue weighted by Gasteiger charge is -2.31. The maximum absolute atomic E-state index is 14.0. The summed E-state index contributed by atoms with van der Waals surface area (Å²) in [6, 6.07) is -3.56. The van der Waals surface area contributed by atoms with Crippen LogP contribution in [0, 0.1) is 0 Å². The Hall–Kier alpha value is -5.83. The number of carboxylic acid groups (broad SMARTS) is 1. The zero-order valence-corrected chi connectivity index (χ0v) is 31.1. The molecule has 0 spiro atoms. The number of primary amides is 2. The lowest BCUT2D eigenvalue weighted by atomic mass is 10.0. The Labute approximate surface area is 322 Å². The van der Waals surface area contributed by atoms with Crippen LogP contribution in [0.15, 0.2) is 24.3 Å². The number of carbonyl (C=O) groups is 9. The fourth-order valence-electron chi connectivity index (χ4n) is 6.54. The molecule has 3 rings (SSSR count). The highest BCUT2D eigenvalue weighted by Crippen LogP contribution is 2.22. The molecule has 2 saturated heterocycles. The van der Waals surface area contributed by atoms with Gasteiger partial charge in [-0.2, -0.15) is 0 Å². The maximum Gasteiger partial charge on any atom is 0.326 e. The van der Waals surface area contributed by atoms with E-state index in [1.54, 1.807) is 0 Å². The van der Waals surface area contributed by atoms with Gasteiger partial charge in [0.2, 0.25) is 47.3 Å². The molecule has 0 aromatic heterocycles. The minimum Gasteiger partial charge on any atom is -0.508 e. The molecule has 2 aliphatic heterocycles. The van der Waals surface area contributed by atoms with Crippen molar-refractivity contribution in [3.05, 3.63) is 29.8 Å². The van der Waals surface area contributed by atoms with Crippen molar-refractivity contribution in [2.45, 2.75) is 114 Å². The predicted molar refractivity (Wildman–Crippen MR) is 194 cm³/mol. The molecule has 21 nitrogen and oxygen atoms in total. The van der Waals surface area contributed by atoms with Gasteiger partial charge in [0, 0.05) is 25.9 Å². The van der Waals surface area contributed by atoms with E-state index < -0.39 is 108 Å². The molecule has 0 saturated carbocycles. The predicted octanol–water partition coefficient (Wildman–Crippen LogP) is -4.19.